The van der Waals surface area contributed by atoms with Crippen molar-refractivity contribution >= 4 is 10.1 Å². The summed E-state index contributed by atoms with van der Waals surface area (Å²) in [6.07, 6.45) is 0. The molecule has 0 heterocycles. The van der Waals surface area contributed by atoms with E-state index in [9.17, 15) is 30.4 Å². The zero-order valence-electron chi connectivity index (χ0n) is 12.6. The molecule has 0 aliphatic heterocycles. The Balaban J connectivity index is 2.58. The van der Waals surface area contributed by atoms with E-state index in [0.717, 1.165) is 25.3 Å². The van der Waals surface area contributed by atoms with Crippen molar-refractivity contribution in [1.29, 1.82) is 0 Å². The summed E-state index contributed by atoms with van der Waals surface area (Å²) in [6.45, 7) is 0. The van der Waals surface area contributed by atoms with Gasteiger partial charge in [-0.25, -0.2) is 13.2 Å². The topological polar surface area (TPSA) is 61.8 Å². The molecule has 0 atom stereocenters. The molecule has 0 aliphatic carbocycles. The van der Waals surface area contributed by atoms with Gasteiger partial charge in [-0.15, -0.1) is 0 Å². The van der Waals surface area contributed by atoms with Gasteiger partial charge in [0.25, 0.3) is 0 Å². The Bertz CT molecular complexity index is 901. The van der Waals surface area contributed by atoms with Crippen molar-refractivity contribution in [1.82, 2.24) is 0 Å². The molecular formula is C14H9F5O5S. The van der Waals surface area contributed by atoms with Gasteiger partial charge in [0, 0.05) is 6.07 Å². The second kappa shape index (κ2) is 6.75. The van der Waals surface area contributed by atoms with E-state index in [1.165, 1.54) is 7.11 Å². The molecule has 0 radical (unpaired) electrons. The van der Waals surface area contributed by atoms with Crippen molar-refractivity contribution < 1.29 is 44.0 Å². The van der Waals surface area contributed by atoms with E-state index in [1.807, 2.05) is 0 Å². The highest BCUT2D eigenvalue weighted by Gasteiger charge is 2.32. The van der Waals surface area contributed by atoms with Crippen molar-refractivity contribution in [2.75, 3.05) is 14.2 Å². The van der Waals surface area contributed by atoms with Gasteiger partial charge in [-0.3, -0.25) is 0 Å². The lowest BCUT2D eigenvalue weighted by Gasteiger charge is -2.13. The molecule has 25 heavy (non-hydrogen) atoms. The van der Waals surface area contributed by atoms with Crippen LogP contribution in [0.25, 0.3) is 0 Å². The fraction of sp³-hybridized carbons (Fsp3) is 0.143. The quantitative estimate of drug-likeness (QED) is 0.343. The van der Waals surface area contributed by atoms with Crippen LogP contribution in [0.2, 0.25) is 0 Å². The van der Waals surface area contributed by atoms with Gasteiger partial charge in [-0.1, -0.05) is 0 Å². The summed E-state index contributed by atoms with van der Waals surface area (Å²) in [5.74, 6) is -14.1. The zero-order chi connectivity index (χ0) is 18.9. The van der Waals surface area contributed by atoms with Crippen LogP contribution >= 0.6 is 0 Å². The van der Waals surface area contributed by atoms with Crippen LogP contribution < -0.4 is 13.7 Å². The third kappa shape index (κ3) is 3.31. The Morgan fingerprint density at radius 1 is 0.800 bits per heavy atom. The summed E-state index contributed by atoms with van der Waals surface area (Å²) >= 11 is 0. The molecule has 0 saturated heterocycles. The molecule has 0 saturated carbocycles. The van der Waals surface area contributed by atoms with E-state index < -0.39 is 49.8 Å². The molecule has 0 N–H and O–H groups in total. The minimum Gasteiger partial charge on any atom is -0.497 e. The van der Waals surface area contributed by atoms with E-state index in [2.05, 4.69) is 4.18 Å². The van der Waals surface area contributed by atoms with Gasteiger partial charge in [-0.05, 0) is 12.1 Å². The van der Waals surface area contributed by atoms with E-state index >= 15 is 0 Å². The normalized spacial score (nSPS) is 11.3. The van der Waals surface area contributed by atoms with Crippen LogP contribution in [0.15, 0.2) is 23.1 Å². The van der Waals surface area contributed by atoms with Gasteiger partial charge >= 0.3 is 10.1 Å². The lowest BCUT2D eigenvalue weighted by atomic mass is 10.3. The molecule has 0 unspecified atom stereocenters. The summed E-state index contributed by atoms with van der Waals surface area (Å²) in [5, 5.41) is 0. The Hall–Kier alpha value is -2.56. The molecule has 136 valence electrons. The fourth-order valence-corrected chi connectivity index (χ4v) is 2.87. The minimum absolute atomic E-state index is 0.187. The smallest absolute Gasteiger partial charge is 0.343 e. The summed E-state index contributed by atoms with van der Waals surface area (Å²) in [6, 6.07) is 3.20. The van der Waals surface area contributed by atoms with Crippen LogP contribution in [-0.4, -0.2) is 22.6 Å². The molecule has 0 fully saturated rings. The van der Waals surface area contributed by atoms with Gasteiger partial charge in [-0.2, -0.15) is 17.2 Å². The van der Waals surface area contributed by atoms with Crippen molar-refractivity contribution in [3.05, 3.63) is 47.3 Å². The SMILES string of the molecule is COc1ccc(S(=O)(=O)Oc2c(F)c(F)c(F)c(F)c2F)c(OC)c1. The van der Waals surface area contributed by atoms with Crippen LogP contribution in [0.1, 0.15) is 0 Å². The van der Waals surface area contributed by atoms with E-state index in [4.69, 9.17) is 9.47 Å². The highest BCUT2D eigenvalue weighted by Crippen LogP contribution is 2.34. The predicted molar refractivity (Wildman–Crippen MR) is 73.6 cm³/mol. The molecule has 2 rings (SSSR count). The number of hydrogen-bond donors (Lipinski definition) is 0. The second-order valence-corrected chi connectivity index (χ2v) is 5.97. The molecule has 0 spiro atoms. The lowest BCUT2D eigenvalue weighted by Crippen LogP contribution is -2.15. The van der Waals surface area contributed by atoms with E-state index in [-0.39, 0.29) is 11.5 Å². The average Bonchev–Trinajstić information content (AvgIpc) is 2.61. The van der Waals surface area contributed by atoms with Gasteiger partial charge < -0.3 is 13.7 Å². The maximum absolute atomic E-state index is 13.6. The van der Waals surface area contributed by atoms with E-state index in [1.54, 1.807) is 0 Å². The van der Waals surface area contributed by atoms with Crippen LogP contribution in [0.3, 0.4) is 0 Å². The fourth-order valence-electron chi connectivity index (χ4n) is 1.79. The van der Waals surface area contributed by atoms with Crippen LogP contribution in [-0.2, 0) is 10.1 Å². The molecule has 0 amide bonds. The monoisotopic (exact) mass is 384 g/mol. The van der Waals surface area contributed by atoms with Crippen LogP contribution in [0.4, 0.5) is 22.0 Å². The number of ether oxygens (including phenoxy) is 2. The number of benzene rings is 2. The predicted octanol–water partition coefficient (Wildman–Crippen LogP) is 3.17. The molecule has 5 nitrogen and oxygen atoms in total. The van der Waals surface area contributed by atoms with Gasteiger partial charge in [0.1, 0.15) is 16.4 Å². The minimum atomic E-state index is -4.99. The highest BCUT2D eigenvalue weighted by atomic mass is 32.2. The van der Waals surface area contributed by atoms with Crippen molar-refractivity contribution in [2.24, 2.45) is 0 Å². The second-order valence-electron chi connectivity index (χ2n) is 4.45. The number of methoxy groups -OCH3 is 2. The molecular weight excluding hydrogens is 375 g/mol. The standard InChI is InChI=1S/C14H9F5O5S/c1-22-6-3-4-8(7(5-6)23-2)25(20,21)24-14-12(18)10(16)9(15)11(17)13(14)19/h3-5H,1-2H3. The Labute approximate surface area is 138 Å². The van der Waals surface area contributed by atoms with Crippen molar-refractivity contribution in [2.45, 2.75) is 4.90 Å². The number of rotatable bonds is 5. The number of halogens is 5. The first-order valence-corrected chi connectivity index (χ1v) is 7.72. The largest absolute Gasteiger partial charge is 0.497 e. The van der Waals surface area contributed by atoms with Gasteiger partial charge in [0.2, 0.25) is 34.8 Å². The molecule has 0 aromatic heterocycles. The lowest BCUT2D eigenvalue weighted by molar-refractivity contribution is 0.345. The third-order valence-electron chi connectivity index (χ3n) is 3.00. The van der Waals surface area contributed by atoms with Gasteiger partial charge in [0.15, 0.2) is 0 Å². The van der Waals surface area contributed by atoms with Crippen LogP contribution in [0, 0.1) is 29.1 Å². The van der Waals surface area contributed by atoms with Crippen molar-refractivity contribution in [3.8, 4) is 17.2 Å². The summed E-state index contributed by atoms with van der Waals surface area (Å²) in [7, 11) is -2.61. The highest BCUT2D eigenvalue weighted by molar-refractivity contribution is 7.87. The average molecular weight is 384 g/mol. The first kappa shape index (κ1) is 18.8. The summed E-state index contributed by atoms with van der Waals surface area (Å²) in [5.41, 5.74) is 0. The van der Waals surface area contributed by atoms with Crippen molar-refractivity contribution in [3.63, 3.8) is 0 Å². The molecule has 2 aromatic rings. The maximum atomic E-state index is 13.6. The molecule has 2 aromatic carbocycles. The molecule has 11 heteroatoms. The molecule has 0 bridgehead atoms. The molecule has 0 aliphatic rings. The van der Waals surface area contributed by atoms with Gasteiger partial charge in [0.05, 0.1) is 14.2 Å². The zero-order valence-corrected chi connectivity index (χ0v) is 13.4. The Morgan fingerprint density at radius 3 is 1.80 bits per heavy atom. The Morgan fingerprint density at radius 2 is 1.32 bits per heavy atom. The first-order valence-electron chi connectivity index (χ1n) is 6.32. The maximum Gasteiger partial charge on any atom is 0.343 e. The first-order chi connectivity index (χ1) is 11.6. The van der Waals surface area contributed by atoms with E-state index in [0.29, 0.717) is 0 Å². The summed E-state index contributed by atoms with van der Waals surface area (Å²) in [4.78, 5) is -0.709. The summed E-state index contributed by atoms with van der Waals surface area (Å²) < 4.78 is 105. The number of hydrogen-bond acceptors (Lipinski definition) is 5. The Kier molecular flexibility index (Phi) is 5.07. The van der Waals surface area contributed by atoms with Crippen LogP contribution in [0.5, 0.6) is 17.2 Å². The third-order valence-corrected chi connectivity index (χ3v) is 4.26.